The second-order valence-electron chi connectivity index (χ2n) is 16.1. The van der Waals surface area contributed by atoms with Crippen LogP contribution in [0, 0.1) is 11.3 Å². The second-order valence-corrected chi connectivity index (χ2v) is 16.1. The maximum atomic E-state index is 11.3. The Balaban J connectivity index is 1.12. The van der Waals surface area contributed by atoms with Crippen LogP contribution in [0.3, 0.4) is 0 Å². The van der Waals surface area contributed by atoms with Crippen LogP contribution in [0.5, 0.6) is 0 Å². The third kappa shape index (κ3) is 5.95. The predicted molar refractivity (Wildman–Crippen MR) is 269 cm³/mol. The van der Waals surface area contributed by atoms with Crippen LogP contribution < -0.4 is 16.4 Å². The molecule has 0 bridgehead atoms. The van der Waals surface area contributed by atoms with Gasteiger partial charge in [0.25, 0.3) is 0 Å². The Bertz CT molecular complexity index is 3920. The number of hydrogen-bond acceptors (Lipinski definition) is 4. The predicted octanol–water partition coefficient (Wildman–Crippen LogP) is 10.1. The van der Waals surface area contributed by atoms with Crippen LogP contribution in [-0.2, 0) is 0 Å². The molecule has 0 spiro atoms. The van der Waals surface area contributed by atoms with Crippen molar-refractivity contribution in [3.8, 4) is 62.7 Å². The SMILES string of the molecule is [B]c1c([B])c(-n2c3ccccc3c3ccc4c(c5ccccc5n4-c4cccc5ccccc45)c32)c(C#N)c([B])c1-c1nc(-c2ccccc2)nc(-c2ccc(-c3ccccc3)cc2)n1. The number of hydrogen-bond donors (Lipinski definition) is 0. The minimum absolute atomic E-state index is 0.112. The summed E-state index contributed by atoms with van der Waals surface area (Å²) in [7, 11) is 21.7. The van der Waals surface area contributed by atoms with Crippen molar-refractivity contribution in [3.63, 3.8) is 0 Å². The highest BCUT2D eigenvalue weighted by molar-refractivity contribution is 6.56. The fraction of sp³-hybridized carbons (Fsp3) is 0. The minimum Gasteiger partial charge on any atom is -0.309 e. The number of nitrogens with zero attached hydrogens (tertiary/aromatic N) is 6. The molecule has 0 aliphatic heterocycles. The molecule has 0 aliphatic carbocycles. The molecule has 12 rings (SSSR count). The van der Waals surface area contributed by atoms with Crippen LogP contribution in [0.1, 0.15) is 5.56 Å². The summed E-state index contributed by atoms with van der Waals surface area (Å²) in [6.45, 7) is 0. The number of aromatic nitrogens is 5. The van der Waals surface area contributed by atoms with Crippen LogP contribution in [0.15, 0.2) is 188 Å². The van der Waals surface area contributed by atoms with Crippen molar-refractivity contribution in [3.05, 3.63) is 194 Å². The third-order valence-corrected chi connectivity index (χ3v) is 12.5. The van der Waals surface area contributed by atoms with Gasteiger partial charge < -0.3 is 9.13 Å². The van der Waals surface area contributed by atoms with E-state index in [1.807, 2.05) is 91.0 Å². The molecular weight excluding hydrogens is 789 g/mol. The van der Waals surface area contributed by atoms with Crippen molar-refractivity contribution in [2.75, 3.05) is 0 Å². The standard InChI is InChI=1S/C56H31B3N6/c57-49-42(32-60)53(51(59)50(58)48(49)56-62-54(36-17-5-2-6-18-36)61-55(63-56)37-28-26-34(27-29-37)33-14-3-1-4-15-33)65-44-23-11-9-21-39(44)40-30-31-46-47(52(40)65)41-22-10-12-24-45(41)64(46)43-25-13-19-35-16-7-8-20-38(35)43/h1-31H. The van der Waals surface area contributed by atoms with Gasteiger partial charge in [-0.15, -0.1) is 0 Å². The van der Waals surface area contributed by atoms with Crippen molar-refractivity contribution < 1.29 is 0 Å². The lowest BCUT2D eigenvalue weighted by Crippen LogP contribution is -2.39. The molecule has 3 aromatic heterocycles. The molecule has 9 heteroatoms. The van der Waals surface area contributed by atoms with E-state index in [1.54, 1.807) is 0 Å². The number of para-hydroxylation sites is 2. The fourth-order valence-electron chi connectivity index (χ4n) is 9.56. The highest BCUT2D eigenvalue weighted by Crippen LogP contribution is 2.43. The van der Waals surface area contributed by atoms with Crippen LogP contribution in [0.2, 0.25) is 0 Å². The van der Waals surface area contributed by atoms with E-state index >= 15 is 0 Å². The van der Waals surface area contributed by atoms with Crippen molar-refractivity contribution in [2.45, 2.75) is 0 Å². The highest BCUT2D eigenvalue weighted by Gasteiger charge is 2.27. The molecule has 0 amide bonds. The first-order valence-electron chi connectivity index (χ1n) is 21.3. The van der Waals surface area contributed by atoms with Gasteiger partial charge in [-0.05, 0) is 40.8 Å². The summed E-state index contributed by atoms with van der Waals surface area (Å²) < 4.78 is 4.40. The molecule has 0 fully saturated rings. The lowest BCUT2D eigenvalue weighted by Gasteiger charge is -2.22. The first kappa shape index (κ1) is 38.2. The molecule has 65 heavy (non-hydrogen) atoms. The summed E-state index contributed by atoms with van der Waals surface area (Å²) >= 11 is 0. The Kier molecular flexibility index (Phi) is 8.89. The van der Waals surface area contributed by atoms with E-state index in [0.717, 1.165) is 82.3 Å². The quantitative estimate of drug-likeness (QED) is 0.157. The monoisotopic (exact) mass is 820 g/mol. The van der Waals surface area contributed by atoms with E-state index in [1.165, 1.54) is 0 Å². The Morgan fingerprint density at radius 2 is 0.938 bits per heavy atom. The van der Waals surface area contributed by atoms with Gasteiger partial charge in [-0.25, -0.2) is 15.0 Å². The molecule has 6 radical (unpaired) electrons. The average molecular weight is 820 g/mol. The van der Waals surface area contributed by atoms with Crippen LogP contribution in [-0.4, -0.2) is 47.6 Å². The molecule has 0 saturated carbocycles. The number of benzene rings is 9. The molecule has 0 N–H and O–H groups in total. The summed E-state index contributed by atoms with van der Waals surface area (Å²) in [5.74, 6) is 1.04. The zero-order chi connectivity index (χ0) is 43.8. The molecule has 3 heterocycles. The van der Waals surface area contributed by atoms with Crippen molar-refractivity contribution >= 4 is 94.3 Å². The van der Waals surface area contributed by atoms with E-state index in [-0.39, 0.29) is 33.3 Å². The van der Waals surface area contributed by atoms with E-state index in [2.05, 4.69) is 112 Å². The van der Waals surface area contributed by atoms with E-state index < -0.39 is 0 Å². The van der Waals surface area contributed by atoms with Crippen molar-refractivity contribution in [1.82, 2.24) is 24.1 Å². The largest absolute Gasteiger partial charge is 0.309 e. The van der Waals surface area contributed by atoms with Gasteiger partial charge in [0.1, 0.15) is 29.6 Å². The molecule has 0 unspecified atom stereocenters. The summed E-state index contributed by atoms with van der Waals surface area (Å²) in [6.07, 6.45) is 0. The number of nitriles is 1. The molecule has 0 atom stereocenters. The molecule has 12 aromatic rings. The van der Waals surface area contributed by atoms with Gasteiger partial charge >= 0.3 is 0 Å². The maximum absolute atomic E-state index is 11.3. The van der Waals surface area contributed by atoms with Crippen LogP contribution in [0.25, 0.3) is 111 Å². The topological polar surface area (TPSA) is 72.3 Å². The summed E-state index contributed by atoms with van der Waals surface area (Å²) in [5.41, 5.74) is 9.78. The normalized spacial score (nSPS) is 11.6. The van der Waals surface area contributed by atoms with Gasteiger partial charge in [-0.2, -0.15) is 5.26 Å². The Morgan fingerprint density at radius 3 is 1.65 bits per heavy atom. The number of fused-ring (bicyclic) bond motifs is 8. The molecule has 294 valence electrons. The smallest absolute Gasteiger partial charge is 0.164 e. The summed E-state index contributed by atoms with van der Waals surface area (Å²) in [5, 5.41) is 17.6. The summed E-state index contributed by atoms with van der Waals surface area (Å²) in [6, 6.07) is 66.1. The molecule has 0 aliphatic rings. The average Bonchev–Trinajstić information content (AvgIpc) is 3.88. The van der Waals surface area contributed by atoms with Crippen LogP contribution >= 0.6 is 0 Å². The minimum atomic E-state index is 0.112. The van der Waals surface area contributed by atoms with Gasteiger partial charge in [-0.3, -0.25) is 0 Å². The molecule has 0 saturated heterocycles. The lowest BCUT2D eigenvalue weighted by atomic mass is 9.69. The first-order valence-corrected chi connectivity index (χ1v) is 21.3. The Morgan fingerprint density at radius 1 is 0.400 bits per heavy atom. The lowest BCUT2D eigenvalue weighted by molar-refractivity contribution is 1.08. The fourth-order valence-corrected chi connectivity index (χ4v) is 9.56. The van der Waals surface area contributed by atoms with E-state index in [4.69, 9.17) is 38.5 Å². The van der Waals surface area contributed by atoms with Crippen molar-refractivity contribution in [2.24, 2.45) is 0 Å². The Labute approximate surface area is 378 Å². The second kappa shape index (κ2) is 15.1. The van der Waals surface area contributed by atoms with Gasteiger partial charge in [-0.1, -0.05) is 180 Å². The molecular formula is C56H31B3N6. The highest BCUT2D eigenvalue weighted by atomic mass is 15.0. The van der Waals surface area contributed by atoms with Gasteiger partial charge in [0.15, 0.2) is 17.5 Å². The van der Waals surface area contributed by atoms with Gasteiger partial charge in [0, 0.05) is 43.6 Å². The first-order chi connectivity index (χ1) is 32.0. The van der Waals surface area contributed by atoms with Gasteiger partial charge in [0.2, 0.25) is 0 Å². The Hall–Kier alpha value is -8.47. The molecule has 6 nitrogen and oxygen atoms in total. The number of rotatable bonds is 6. The maximum Gasteiger partial charge on any atom is 0.164 e. The third-order valence-electron chi connectivity index (χ3n) is 12.5. The van der Waals surface area contributed by atoms with Crippen LogP contribution in [0.4, 0.5) is 0 Å². The zero-order valence-corrected chi connectivity index (χ0v) is 34.8. The molecule has 9 aromatic carbocycles. The van der Waals surface area contributed by atoms with E-state index in [9.17, 15) is 5.26 Å². The van der Waals surface area contributed by atoms with Gasteiger partial charge in [0.05, 0.1) is 39.0 Å². The summed E-state index contributed by atoms with van der Waals surface area (Å²) in [4.78, 5) is 14.9. The van der Waals surface area contributed by atoms with E-state index in [0.29, 0.717) is 17.3 Å². The zero-order valence-electron chi connectivity index (χ0n) is 34.8. The van der Waals surface area contributed by atoms with Crippen molar-refractivity contribution in [1.29, 1.82) is 5.26 Å².